The SMILES string of the molecule is COc1cc(NC(=O)NC2N=C(c3ccccc3F)c3ccccc3N(C)C2=O)cc(OC)c1OC. The average molecular weight is 493 g/mol. The van der Waals surface area contributed by atoms with Crippen LogP contribution in [0, 0.1) is 5.82 Å². The Labute approximate surface area is 207 Å². The van der Waals surface area contributed by atoms with Crippen molar-refractivity contribution in [3.05, 3.63) is 77.6 Å². The number of methoxy groups -OCH3 is 3. The summed E-state index contributed by atoms with van der Waals surface area (Å²) < 4.78 is 30.7. The standard InChI is InChI=1S/C26H25FN4O5/c1-31-19-12-8-6-10-17(19)22(16-9-5-7-11-18(16)27)29-24(25(31)32)30-26(33)28-15-13-20(34-2)23(36-4)21(14-15)35-3/h5-14,24H,1-4H3,(H2,28,30,33). The predicted octanol–water partition coefficient (Wildman–Crippen LogP) is 3.81. The lowest BCUT2D eigenvalue weighted by molar-refractivity contribution is -0.119. The highest BCUT2D eigenvalue weighted by atomic mass is 19.1. The Morgan fingerprint density at radius 1 is 0.944 bits per heavy atom. The number of hydrogen-bond acceptors (Lipinski definition) is 6. The lowest BCUT2D eigenvalue weighted by atomic mass is 10.00. The fourth-order valence-corrected chi connectivity index (χ4v) is 3.93. The number of rotatable bonds is 6. The topological polar surface area (TPSA) is 101 Å². The van der Waals surface area contributed by atoms with E-state index in [0.717, 1.165) is 0 Å². The predicted molar refractivity (Wildman–Crippen MR) is 134 cm³/mol. The Bertz CT molecular complexity index is 1320. The molecule has 1 heterocycles. The Morgan fingerprint density at radius 2 is 1.56 bits per heavy atom. The first-order valence-corrected chi connectivity index (χ1v) is 10.9. The molecule has 0 radical (unpaired) electrons. The molecule has 1 unspecified atom stereocenters. The van der Waals surface area contributed by atoms with Crippen molar-refractivity contribution in [3.63, 3.8) is 0 Å². The number of hydrogen-bond donors (Lipinski definition) is 2. The summed E-state index contributed by atoms with van der Waals surface area (Å²) in [7, 11) is 5.96. The first-order chi connectivity index (χ1) is 17.4. The molecule has 0 bridgehead atoms. The van der Waals surface area contributed by atoms with E-state index in [9.17, 15) is 14.0 Å². The minimum Gasteiger partial charge on any atom is -0.493 e. The van der Waals surface area contributed by atoms with Crippen LogP contribution in [0.3, 0.4) is 0 Å². The van der Waals surface area contributed by atoms with E-state index < -0.39 is 23.9 Å². The molecule has 1 aliphatic heterocycles. The molecule has 36 heavy (non-hydrogen) atoms. The number of benzene rings is 3. The van der Waals surface area contributed by atoms with E-state index in [0.29, 0.717) is 34.2 Å². The van der Waals surface area contributed by atoms with Crippen molar-refractivity contribution in [1.29, 1.82) is 0 Å². The highest BCUT2D eigenvalue weighted by Gasteiger charge is 2.31. The zero-order chi connectivity index (χ0) is 25.8. The van der Waals surface area contributed by atoms with Crippen molar-refractivity contribution in [2.75, 3.05) is 38.6 Å². The highest BCUT2D eigenvalue weighted by Crippen LogP contribution is 2.40. The van der Waals surface area contributed by atoms with Crippen LogP contribution >= 0.6 is 0 Å². The van der Waals surface area contributed by atoms with Crippen molar-refractivity contribution >= 4 is 29.0 Å². The van der Waals surface area contributed by atoms with Crippen LogP contribution in [0.2, 0.25) is 0 Å². The molecular formula is C26H25FN4O5. The summed E-state index contributed by atoms with van der Waals surface area (Å²) in [5.41, 5.74) is 1.90. The number of nitrogens with one attached hydrogen (secondary N) is 2. The van der Waals surface area contributed by atoms with Crippen LogP contribution in [-0.4, -0.2) is 52.2 Å². The molecule has 10 heteroatoms. The Hall–Kier alpha value is -4.60. The fraction of sp³-hybridized carbons (Fsp3) is 0.192. The van der Waals surface area contributed by atoms with E-state index in [2.05, 4.69) is 15.6 Å². The Balaban J connectivity index is 1.69. The van der Waals surface area contributed by atoms with E-state index in [1.807, 2.05) is 0 Å². The van der Waals surface area contributed by atoms with Gasteiger partial charge in [-0.1, -0.05) is 30.3 Å². The number of carbonyl (C=O) groups is 2. The number of fused-ring (bicyclic) bond motifs is 1. The lowest BCUT2D eigenvalue weighted by Crippen LogP contribution is -2.47. The summed E-state index contributed by atoms with van der Waals surface area (Å²) in [5.74, 6) is 0.0569. The molecule has 0 fully saturated rings. The van der Waals surface area contributed by atoms with Gasteiger partial charge in [-0.2, -0.15) is 0 Å². The number of ether oxygens (including phenoxy) is 3. The van der Waals surface area contributed by atoms with Gasteiger partial charge < -0.3 is 29.7 Å². The zero-order valence-corrected chi connectivity index (χ0v) is 20.2. The lowest BCUT2D eigenvalue weighted by Gasteiger charge is -2.21. The second kappa shape index (κ2) is 10.3. The number of nitrogens with zero attached hydrogens (tertiary/aromatic N) is 2. The summed E-state index contributed by atoms with van der Waals surface area (Å²) in [6.07, 6.45) is -1.32. The van der Waals surface area contributed by atoms with Gasteiger partial charge in [0.2, 0.25) is 11.9 Å². The number of aliphatic imine (C=N–C) groups is 1. The van der Waals surface area contributed by atoms with Gasteiger partial charge in [-0.3, -0.25) is 4.79 Å². The molecule has 3 aromatic carbocycles. The normalized spacial score (nSPS) is 14.8. The number of likely N-dealkylation sites (N-methyl/N-ethyl adjacent to an activating group) is 1. The van der Waals surface area contributed by atoms with Crippen LogP contribution in [0.1, 0.15) is 11.1 Å². The molecule has 9 nitrogen and oxygen atoms in total. The maximum Gasteiger partial charge on any atom is 0.321 e. The second-order valence-corrected chi connectivity index (χ2v) is 7.79. The largest absolute Gasteiger partial charge is 0.493 e. The first kappa shape index (κ1) is 24.5. The van der Waals surface area contributed by atoms with Gasteiger partial charge >= 0.3 is 6.03 Å². The Kier molecular flexibility index (Phi) is 7.05. The summed E-state index contributed by atoms with van der Waals surface area (Å²) in [6, 6.07) is 15.6. The summed E-state index contributed by atoms with van der Waals surface area (Å²) in [5, 5.41) is 5.23. The first-order valence-electron chi connectivity index (χ1n) is 10.9. The zero-order valence-electron chi connectivity index (χ0n) is 20.2. The molecule has 1 aliphatic rings. The van der Waals surface area contributed by atoms with Gasteiger partial charge in [-0.05, 0) is 18.2 Å². The van der Waals surface area contributed by atoms with E-state index >= 15 is 0 Å². The van der Waals surface area contributed by atoms with Crippen LogP contribution in [0.4, 0.5) is 20.6 Å². The maximum absolute atomic E-state index is 14.8. The maximum atomic E-state index is 14.8. The molecule has 0 saturated heterocycles. The van der Waals surface area contributed by atoms with E-state index in [-0.39, 0.29) is 11.3 Å². The molecule has 0 spiro atoms. The van der Waals surface area contributed by atoms with Gasteiger partial charge in [0.1, 0.15) is 5.82 Å². The van der Waals surface area contributed by atoms with E-state index in [1.54, 1.807) is 61.6 Å². The smallest absolute Gasteiger partial charge is 0.321 e. The third-order valence-electron chi connectivity index (χ3n) is 5.66. The van der Waals surface area contributed by atoms with Gasteiger partial charge in [-0.25, -0.2) is 14.2 Å². The van der Waals surface area contributed by atoms with Crippen LogP contribution in [0.15, 0.2) is 65.7 Å². The molecule has 3 aromatic rings. The number of benzodiazepines with no additional fused rings is 1. The molecule has 0 aliphatic carbocycles. The van der Waals surface area contributed by atoms with E-state index in [1.165, 1.54) is 32.3 Å². The summed E-state index contributed by atoms with van der Waals surface area (Å²) >= 11 is 0. The number of carbonyl (C=O) groups excluding carboxylic acids is 2. The average Bonchev–Trinajstić information content (AvgIpc) is 2.99. The van der Waals surface area contributed by atoms with Crippen molar-refractivity contribution in [2.24, 2.45) is 4.99 Å². The molecule has 3 amide bonds. The Morgan fingerprint density at radius 3 is 2.17 bits per heavy atom. The third-order valence-corrected chi connectivity index (χ3v) is 5.66. The number of amides is 3. The van der Waals surface area contributed by atoms with Gasteiger partial charge in [0.15, 0.2) is 11.5 Å². The van der Waals surface area contributed by atoms with Crippen molar-refractivity contribution < 1.29 is 28.2 Å². The number of para-hydroxylation sites is 1. The second-order valence-electron chi connectivity index (χ2n) is 7.79. The van der Waals surface area contributed by atoms with Crippen LogP contribution in [0.25, 0.3) is 0 Å². The third kappa shape index (κ3) is 4.65. The molecule has 4 rings (SSSR count). The van der Waals surface area contributed by atoms with Gasteiger partial charge in [0, 0.05) is 30.3 Å². The molecule has 0 aromatic heterocycles. The number of anilines is 2. The molecule has 0 saturated carbocycles. The van der Waals surface area contributed by atoms with Crippen molar-refractivity contribution in [2.45, 2.75) is 6.17 Å². The van der Waals surface area contributed by atoms with E-state index in [4.69, 9.17) is 14.2 Å². The molecule has 2 N–H and O–H groups in total. The van der Waals surface area contributed by atoms with Crippen molar-refractivity contribution in [3.8, 4) is 17.2 Å². The van der Waals surface area contributed by atoms with Gasteiger partial charge in [0.25, 0.3) is 5.91 Å². The number of halogens is 1. The van der Waals surface area contributed by atoms with Crippen LogP contribution < -0.4 is 29.7 Å². The van der Waals surface area contributed by atoms with Gasteiger partial charge in [0.05, 0.1) is 38.4 Å². The summed E-state index contributed by atoms with van der Waals surface area (Å²) in [4.78, 5) is 32.1. The fourth-order valence-electron chi connectivity index (χ4n) is 3.93. The highest BCUT2D eigenvalue weighted by molar-refractivity contribution is 6.20. The minimum absolute atomic E-state index is 0.213. The summed E-state index contributed by atoms with van der Waals surface area (Å²) in [6.45, 7) is 0. The molecular weight excluding hydrogens is 467 g/mol. The number of urea groups is 1. The molecule has 1 atom stereocenters. The quantitative estimate of drug-likeness (QED) is 0.545. The monoisotopic (exact) mass is 492 g/mol. The van der Waals surface area contributed by atoms with Crippen LogP contribution in [-0.2, 0) is 4.79 Å². The van der Waals surface area contributed by atoms with Crippen LogP contribution in [0.5, 0.6) is 17.2 Å². The molecule has 186 valence electrons. The van der Waals surface area contributed by atoms with Gasteiger partial charge in [-0.15, -0.1) is 0 Å². The van der Waals surface area contributed by atoms with Crippen molar-refractivity contribution in [1.82, 2.24) is 5.32 Å². The minimum atomic E-state index is -1.32.